The Bertz CT molecular complexity index is 643. The maximum atomic E-state index is 12.2. The summed E-state index contributed by atoms with van der Waals surface area (Å²) < 4.78 is 0.769. The molecular weight excluding hydrogens is 349 g/mol. The Morgan fingerprint density at radius 1 is 1.21 bits per heavy atom. The van der Waals surface area contributed by atoms with Gasteiger partial charge in [0.15, 0.2) is 0 Å². The summed E-state index contributed by atoms with van der Waals surface area (Å²) in [5.41, 5.74) is 2.04. The van der Waals surface area contributed by atoms with Gasteiger partial charge in [-0.15, -0.1) is 0 Å². The van der Waals surface area contributed by atoms with Crippen LogP contribution in [0, 0.1) is 6.92 Å². The van der Waals surface area contributed by atoms with Gasteiger partial charge in [-0.2, -0.15) is 0 Å². The van der Waals surface area contributed by atoms with Gasteiger partial charge in [0.2, 0.25) is 0 Å². The first-order valence-electron chi connectivity index (χ1n) is 5.50. The number of amides is 1. The first kappa shape index (κ1) is 14.4. The molecule has 2 aromatic carbocycles. The number of halogens is 3. The van der Waals surface area contributed by atoms with Crippen LogP contribution >= 0.6 is 39.1 Å². The largest absolute Gasteiger partial charge is 0.321 e. The lowest BCUT2D eigenvalue weighted by atomic mass is 10.1. The van der Waals surface area contributed by atoms with E-state index in [0.717, 1.165) is 10.0 Å². The van der Waals surface area contributed by atoms with Crippen LogP contribution in [0.3, 0.4) is 0 Å². The third kappa shape index (κ3) is 3.30. The van der Waals surface area contributed by atoms with Crippen molar-refractivity contribution in [1.29, 1.82) is 0 Å². The lowest BCUT2D eigenvalue weighted by Gasteiger charge is -2.10. The number of anilines is 1. The second-order valence-electron chi connectivity index (χ2n) is 4.01. The molecule has 0 heterocycles. The molecule has 1 amide bonds. The van der Waals surface area contributed by atoms with E-state index in [9.17, 15) is 4.79 Å². The summed E-state index contributed by atoms with van der Waals surface area (Å²) >= 11 is 15.3. The van der Waals surface area contributed by atoms with E-state index < -0.39 is 0 Å². The van der Waals surface area contributed by atoms with Gasteiger partial charge in [-0.25, -0.2) is 0 Å². The Labute approximate surface area is 129 Å². The van der Waals surface area contributed by atoms with E-state index in [4.69, 9.17) is 23.2 Å². The normalized spacial score (nSPS) is 10.3. The van der Waals surface area contributed by atoms with Gasteiger partial charge in [0.1, 0.15) is 0 Å². The molecule has 0 fully saturated rings. The minimum Gasteiger partial charge on any atom is -0.321 e. The van der Waals surface area contributed by atoms with Crippen LogP contribution in [-0.4, -0.2) is 5.91 Å². The highest BCUT2D eigenvalue weighted by molar-refractivity contribution is 9.10. The molecule has 0 aliphatic carbocycles. The fourth-order valence-electron chi connectivity index (χ4n) is 1.61. The van der Waals surface area contributed by atoms with Crippen molar-refractivity contribution in [3.63, 3.8) is 0 Å². The van der Waals surface area contributed by atoms with Gasteiger partial charge in [0.05, 0.1) is 16.3 Å². The van der Waals surface area contributed by atoms with Gasteiger partial charge in [0.25, 0.3) is 5.91 Å². The predicted octanol–water partition coefficient (Wildman–Crippen LogP) is 5.32. The molecule has 98 valence electrons. The average Bonchev–Trinajstić information content (AvgIpc) is 2.37. The molecule has 0 aliphatic rings. The highest BCUT2D eigenvalue weighted by Crippen LogP contribution is 2.27. The first-order valence-corrected chi connectivity index (χ1v) is 7.05. The van der Waals surface area contributed by atoms with Crippen molar-refractivity contribution in [1.82, 2.24) is 0 Å². The number of rotatable bonds is 2. The molecule has 19 heavy (non-hydrogen) atoms. The molecule has 0 bridgehead atoms. The van der Waals surface area contributed by atoms with Gasteiger partial charge in [-0.05, 0) is 52.7 Å². The van der Waals surface area contributed by atoms with Crippen LogP contribution in [0.25, 0.3) is 0 Å². The zero-order valence-electron chi connectivity index (χ0n) is 10.0. The molecule has 0 atom stereocenters. The average molecular weight is 359 g/mol. The zero-order valence-corrected chi connectivity index (χ0v) is 13.1. The summed E-state index contributed by atoms with van der Waals surface area (Å²) in [6.07, 6.45) is 0. The van der Waals surface area contributed by atoms with Crippen molar-refractivity contribution < 1.29 is 4.79 Å². The SMILES string of the molecule is Cc1cccc(C(=O)Nc2cc(Cl)ccc2Cl)c1Br. The number of carbonyl (C=O) groups is 1. The summed E-state index contributed by atoms with van der Waals surface area (Å²) in [4.78, 5) is 12.2. The Morgan fingerprint density at radius 2 is 1.95 bits per heavy atom. The number of benzene rings is 2. The van der Waals surface area contributed by atoms with Crippen molar-refractivity contribution in [3.8, 4) is 0 Å². The highest BCUT2D eigenvalue weighted by atomic mass is 79.9. The summed E-state index contributed by atoms with van der Waals surface area (Å²) in [6, 6.07) is 10.4. The summed E-state index contributed by atoms with van der Waals surface area (Å²) in [6.45, 7) is 1.92. The van der Waals surface area contributed by atoms with Crippen LogP contribution in [0.15, 0.2) is 40.9 Å². The third-order valence-corrected chi connectivity index (χ3v) is 4.23. The van der Waals surface area contributed by atoms with E-state index in [1.54, 1.807) is 24.3 Å². The minimum atomic E-state index is -0.236. The van der Waals surface area contributed by atoms with Crippen LogP contribution < -0.4 is 5.32 Å². The Kier molecular flexibility index (Phi) is 4.50. The molecule has 5 heteroatoms. The van der Waals surface area contributed by atoms with Crippen LogP contribution in [0.5, 0.6) is 0 Å². The molecule has 0 spiro atoms. The summed E-state index contributed by atoms with van der Waals surface area (Å²) in [5.74, 6) is -0.236. The second-order valence-corrected chi connectivity index (χ2v) is 5.65. The van der Waals surface area contributed by atoms with Crippen molar-refractivity contribution >= 4 is 50.7 Å². The molecule has 1 N–H and O–H groups in total. The molecule has 2 nitrogen and oxygen atoms in total. The van der Waals surface area contributed by atoms with E-state index in [1.165, 1.54) is 0 Å². The van der Waals surface area contributed by atoms with Crippen LogP contribution in [0.2, 0.25) is 10.0 Å². The molecule has 0 saturated carbocycles. The van der Waals surface area contributed by atoms with Gasteiger partial charge in [0, 0.05) is 9.50 Å². The van der Waals surface area contributed by atoms with E-state index in [-0.39, 0.29) is 5.91 Å². The number of carbonyl (C=O) groups excluding carboxylic acids is 1. The molecule has 0 aliphatic heterocycles. The van der Waals surface area contributed by atoms with Crippen LogP contribution in [0.4, 0.5) is 5.69 Å². The Hall–Kier alpha value is -1.03. The van der Waals surface area contributed by atoms with Crippen LogP contribution in [0.1, 0.15) is 15.9 Å². The quantitative estimate of drug-likeness (QED) is 0.773. The number of hydrogen-bond donors (Lipinski definition) is 1. The number of hydrogen-bond acceptors (Lipinski definition) is 1. The fourth-order valence-corrected chi connectivity index (χ4v) is 2.39. The predicted molar refractivity (Wildman–Crippen MR) is 83.3 cm³/mol. The number of nitrogens with one attached hydrogen (secondary N) is 1. The van der Waals surface area contributed by atoms with Gasteiger partial charge >= 0.3 is 0 Å². The lowest BCUT2D eigenvalue weighted by Crippen LogP contribution is -2.13. The summed E-state index contributed by atoms with van der Waals surface area (Å²) in [5, 5.41) is 3.71. The maximum absolute atomic E-state index is 12.2. The second kappa shape index (κ2) is 5.95. The molecule has 0 radical (unpaired) electrons. The zero-order chi connectivity index (χ0) is 14.0. The van der Waals surface area contributed by atoms with Crippen molar-refractivity contribution in [3.05, 3.63) is 62.0 Å². The third-order valence-electron chi connectivity index (χ3n) is 2.61. The lowest BCUT2D eigenvalue weighted by molar-refractivity contribution is 0.102. The highest BCUT2D eigenvalue weighted by Gasteiger charge is 2.13. The van der Waals surface area contributed by atoms with E-state index in [2.05, 4.69) is 21.2 Å². The molecule has 0 saturated heterocycles. The van der Waals surface area contributed by atoms with Crippen molar-refractivity contribution in [2.24, 2.45) is 0 Å². The van der Waals surface area contributed by atoms with E-state index >= 15 is 0 Å². The standard InChI is InChI=1S/C14H10BrCl2NO/c1-8-3-2-4-10(13(8)15)14(19)18-12-7-9(16)5-6-11(12)17/h2-7H,1H3,(H,18,19). The smallest absolute Gasteiger partial charge is 0.256 e. The number of aryl methyl sites for hydroxylation is 1. The maximum Gasteiger partial charge on any atom is 0.256 e. The van der Waals surface area contributed by atoms with Crippen molar-refractivity contribution in [2.45, 2.75) is 6.92 Å². The van der Waals surface area contributed by atoms with E-state index in [0.29, 0.717) is 21.3 Å². The molecule has 0 unspecified atom stereocenters. The topological polar surface area (TPSA) is 29.1 Å². The molecule has 2 rings (SSSR count). The van der Waals surface area contributed by atoms with E-state index in [1.807, 2.05) is 19.1 Å². The van der Waals surface area contributed by atoms with Crippen molar-refractivity contribution in [2.75, 3.05) is 5.32 Å². The summed E-state index contributed by atoms with van der Waals surface area (Å²) in [7, 11) is 0. The first-order chi connectivity index (χ1) is 8.99. The molecule has 0 aromatic heterocycles. The monoisotopic (exact) mass is 357 g/mol. The van der Waals surface area contributed by atoms with Gasteiger partial charge in [-0.1, -0.05) is 35.3 Å². The Balaban J connectivity index is 2.31. The van der Waals surface area contributed by atoms with Crippen LogP contribution in [-0.2, 0) is 0 Å². The Morgan fingerprint density at radius 3 is 2.68 bits per heavy atom. The fraction of sp³-hybridized carbons (Fsp3) is 0.0714. The molecule has 2 aromatic rings. The molecular formula is C14H10BrCl2NO. The van der Waals surface area contributed by atoms with Gasteiger partial charge < -0.3 is 5.32 Å². The van der Waals surface area contributed by atoms with Gasteiger partial charge in [-0.3, -0.25) is 4.79 Å². The minimum absolute atomic E-state index is 0.236.